The van der Waals surface area contributed by atoms with Gasteiger partial charge >= 0.3 is 0 Å². The van der Waals surface area contributed by atoms with Crippen molar-refractivity contribution in [2.75, 3.05) is 20.8 Å². The molecule has 49 heavy (non-hydrogen) atoms. The van der Waals surface area contributed by atoms with Gasteiger partial charge in [-0.15, -0.1) is 0 Å². The van der Waals surface area contributed by atoms with Crippen LogP contribution in [-0.2, 0) is 21.7 Å². The van der Waals surface area contributed by atoms with Crippen molar-refractivity contribution < 1.29 is 29.2 Å². The van der Waals surface area contributed by atoms with Crippen LogP contribution in [0.5, 0.6) is 11.5 Å². The van der Waals surface area contributed by atoms with Crippen molar-refractivity contribution in [2.45, 2.75) is 47.0 Å². The molecule has 2 aromatic heterocycles. The molecule has 0 spiro atoms. The molecule has 7 rings (SSSR count). The molecule has 0 radical (unpaired) electrons. The third kappa shape index (κ3) is 6.51. The zero-order valence-electron chi connectivity index (χ0n) is 27.0. The molecule has 1 fully saturated rings. The van der Waals surface area contributed by atoms with E-state index in [1.165, 1.54) is 18.1 Å². The number of nitrogens with zero attached hydrogens (tertiary/aromatic N) is 4. The van der Waals surface area contributed by atoms with E-state index in [0.717, 1.165) is 38.6 Å². The third-order valence-electron chi connectivity index (χ3n) is 8.77. The van der Waals surface area contributed by atoms with Gasteiger partial charge in [-0.05, 0) is 58.7 Å². The molecule has 1 aliphatic rings. The molecule has 2 N–H and O–H groups in total. The molecule has 0 unspecified atom stereocenters. The third-order valence-corrected chi connectivity index (χ3v) is 9.75. The molecule has 0 saturated carbocycles. The summed E-state index contributed by atoms with van der Waals surface area (Å²) in [6.07, 6.45) is 1.54. The number of hydrogen-bond acceptors (Lipinski definition) is 10. The van der Waals surface area contributed by atoms with Gasteiger partial charge in [0.25, 0.3) is 0 Å². The summed E-state index contributed by atoms with van der Waals surface area (Å²) >= 11 is 1.45. The Morgan fingerprint density at radius 2 is 1.51 bits per heavy atom. The van der Waals surface area contributed by atoms with Crippen LogP contribution in [0.15, 0.2) is 126 Å². The van der Waals surface area contributed by atoms with Crippen LogP contribution in [0.2, 0.25) is 0 Å². The first-order chi connectivity index (χ1) is 24.0. The fourth-order valence-electron chi connectivity index (χ4n) is 6.25. The standard InChI is InChI=1S/C38H36N4O6S/c1-45-29-15-11-27(12-16-29)38(26-8-4-3-5-9-26,28-13-17-30(46-2)18-14-28)47-22-33-32(44)20-34(48-33)42-24-41-35-36(42)39-23-40-37(35)49-31-10-6-7-25(19-31)21-43/h3-19,23-24,32-34,43-44H,20-22H2,1-2H3/t32-,33+,34+/m0/s1. The second kappa shape index (κ2) is 14.4. The van der Waals surface area contributed by atoms with Crippen molar-refractivity contribution >= 4 is 22.9 Å². The molecule has 10 nitrogen and oxygen atoms in total. The first-order valence-corrected chi connectivity index (χ1v) is 16.7. The Bertz CT molecular complexity index is 1960. The molecule has 6 aromatic rings. The van der Waals surface area contributed by atoms with Crippen molar-refractivity contribution in [1.29, 1.82) is 0 Å². The van der Waals surface area contributed by atoms with Crippen LogP contribution in [0, 0.1) is 0 Å². The minimum atomic E-state index is -1.05. The zero-order chi connectivity index (χ0) is 33.8. The second-order valence-electron chi connectivity index (χ2n) is 11.7. The fourth-order valence-corrected chi connectivity index (χ4v) is 7.17. The van der Waals surface area contributed by atoms with Crippen LogP contribution in [0.1, 0.15) is 34.9 Å². The number of benzene rings is 4. The lowest BCUT2D eigenvalue weighted by atomic mass is 9.80. The molecular formula is C38H36N4O6S. The molecular weight excluding hydrogens is 641 g/mol. The van der Waals surface area contributed by atoms with E-state index in [2.05, 4.69) is 15.0 Å². The number of rotatable bonds is 12. The topological polar surface area (TPSA) is 121 Å². The molecule has 11 heteroatoms. The van der Waals surface area contributed by atoms with Gasteiger partial charge in [0.1, 0.15) is 46.3 Å². The zero-order valence-corrected chi connectivity index (χ0v) is 27.9. The van der Waals surface area contributed by atoms with Crippen molar-refractivity contribution in [3.63, 3.8) is 0 Å². The number of hydrogen-bond donors (Lipinski definition) is 2. The minimum absolute atomic E-state index is 0.0406. The fraction of sp³-hybridized carbons (Fsp3) is 0.237. The molecule has 4 aromatic carbocycles. The Morgan fingerprint density at radius 1 is 0.837 bits per heavy atom. The van der Waals surface area contributed by atoms with Gasteiger partial charge in [0.2, 0.25) is 0 Å². The van der Waals surface area contributed by atoms with E-state index in [4.69, 9.17) is 18.9 Å². The average molecular weight is 677 g/mol. The molecule has 0 bridgehead atoms. The highest BCUT2D eigenvalue weighted by molar-refractivity contribution is 7.99. The van der Waals surface area contributed by atoms with E-state index >= 15 is 0 Å². The number of aromatic nitrogens is 4. The van der Waals surface area contributed by atoms with Gasteiger partial charge in [0, 0.05) is 11.3 Å². The van der Waals surface area contributed by atoms with Crippen LogP contribution in [-0.4, -0.2) is 62.8 Å². The molecule has 3 atom stereocenters. The Hall–Kier alpha value is -4.78. The largest absolute Gasteiger partial charge is 0.497 e. The summed E-state index contributed by atoms with van der Waals surface area (Å²) in [6, 6.07) is 33.3. The van der Waals surface area contributed by atoms with Gasteiger partial charge in [-0.3, -0.25) is 4.57 Å². The number of ether oxygens (including phenoxy) is 4. The first kappa shape index (κ1) is 32.8. The minimum Gasteiger partial charge on any atom is -0.497 e. The lowest BCUT2D eigenvalue weighted by molar-refractivity contribution is -0.0931. The summed E-state index contributed by atoms with van der Waals surface area (Å²) in [5.74, 6) is 1.46. The first-order valence-electron chi connectivity index (χ1n) is 15.9. The SMILES string of the molecule is COc1ccc(C(OC[C@H]2O[C@@H](n3cnc4c(Sc5cccc(CO)c5)ncnc43)C[C@@H]2O)(c2ccccc2)c2ccc(OC)cc2)cc1. The van der Waals surface area contributed by atoms with E-state index in [-0.39, 0.29) is 13.2 Å². The van der Waals surface area contributed by atoms with E-state index in [0.29, 0.717) is 22.6 Å². The highest BCUT2D eigenvalue weighted by Crippen LogP contribution is 2.43. The van der Waals surface area contributed by atoms with Gasteiger partial charge in [-0.1, -0.05) is 78.5 Å². The van der Waals surface area contributed by atoms with Crippen molar-refractivity contribution in [2.24, 2.45) is 0 Å². The monoisotopic (exact) mass is 676 g/mol. The smallest absolute Gasteiger partial charge is 0.166 e. The molecule has 3 heterocycles. The van der Waals surface area contributed by atoms with Crippen molar-refractivity contribution in [3.05, 3.63) is 138 Å². The molecule has 0 amide bonds. The van der Waals surface area contributed by atoms with E-state index in [1.807, 2.05) is 108 Å². The molecule has 0 aliphatic carbocycles. The maximum absolute atomic E-state index is 11.3. The number of aliphatic hydroxyl groups excluding tert-OH is 2. The van der Waals surface area contributed by atoms with Crippen LogP contribution in [0.4, 0.5) is 0 Å². The predicted molar refractivity (Wildman–Crippen MR) is 185 cm³/mol. The number of methoxy groups -OCH3 is 2. The summed E-state index contributed by atoms with van der Waals surface area (Å²) in [6.45, 7) is 0.0512. The number of aliphatic hydroxyl groups is 2. The summed E-state index contributed by atoms with van der Waals surface area (Å²) < 4.78 is 26.3. The lowest BCUT2D eigenvalue weighted by Crippen LogP contribution is -2.38. The van der Waals surface area contributed by atoms with E-state index < -0.39 is 24.0 Å². The van der Waals surface area contributed by atoms with Gasteiger partial charge < -0.3 is 29.2 Å². The number of imidazole rings is 1. The highest BCUT2D eigenvalue weighted by atomic mass is 32.2. The van der Waals surface area contributed by atoms with Crippen LogP contribution in [0.25, 0.3) is 11.2 Å². The maximum Gasteiger partial charge on any atom is 0.166 e. The normalized spacial score (nSPS) is 17.8. The van der Waals surface area contributed by atoms with Gasteiger partial charge in [0.15, 0.2) is 5.65 Å². The summed E-state index contributed by atoms with van der Waals surface area (Å²) in [5, 5.41) is 21.6. The van der Waals surface area contributed by atoms with E-state index in [1.54, 1.807) is 20.5 Å². The highest BCUT2D eigenvalue weighted by Gasteiger charge is 2.42. The van der Waals surface area contributed by atoms with Crippen LogP contribution < -0.4 is 9.47 Å². The Morgan fingerprint density at radius 3 is 2.16 bits per heavy atom. The summed E-state index contributed by atoms with van der Waals surface area (Å²) in [5.41, 5.74) is 3.70. The maximum atomic E-state index is 11.3. The predicted octanol–water partition coefficient (Wildman–Crippen LogP) is 6.14. The summed E-state index contributed by atoms with van der Waals surface area (Å²) in [7, 11) is 3.28. The lowest BCUT2D eigenvalue weighted by Gasteiger charge is -2.37. The molecule has 1 aliphatic heterocycles. The molecule has 250 valence electrons. The Labute approximate surface area is 288 Å². The second-order valence-corrected chi connectivity index (χ2v) is 12.7. The van der Waals surface area contributed by atoms with Crippen molar-refractivity contribution in [3.8, 4) is 11.5 Å². The summed E-state index contributed by atoms with van der Waals surface area (Å²) in [4.78, 5) is 14.6. The van der Waals surface area contributed by atoms with E-state index in [9.17, 15) is 10.2 Å². The van der Waals surface area contributed by atoms with Crippen molar-refractivity contribution in [1.82, 2.24) is 19.5 Å². The van der Waals surface area contributed by atoms with Crippen LogP contribution in [0.3, 0.4) is 0 Å². The van der Waals surface area contributed by atoms with Gasteiger partial charge in [0.05, 0.1) is 39.9 Å². The quantitative estimate of drug-likeness (QED) is 0.115. The van der Waals surface area contributed by atoms with Crippen LogP contribution >= 0.6 is 11.8 Å². The molecule has 1 saturated heterocycles. The number of fused-ring (bicyclic) bond motifs is 1. The average Bonchev–Trinajstić information content (AvgIpc) is 3.76. The van der Waals surface area contributed by atoms with Gasteiger partial charge in [-0.2, -0.15) is 0 Å². The van der Waals surface area contributed by atoms with Gasteiger partial charge in [-0.25, -0.2) is 15.0 Å². The Balaban J connectivity index is 1.18. The Kier molecular flexibility index (Phi) is 9.61.